The van der Waals surface area contributed by atoms with E-state index in [1.54, 1.807) is 12.1 Å². The first kappa shape index (κ1) is 14.2. The maximum absolute atomic E-state index is 10.5. The number of hydrogen-bond acceptors (Lipinski definition) is 3. The van der Waals surface area contributed by atoms with Crippen LogP contribution in [0.3, 0.4) is 0 Å². The van der Waals surface area contributed by atoms with Crippen molar-refractivity contribution >= 4 is 11.6 Å². The minimum Gasteiger partial charge on any atom is -0.454 e. The van der Waals surface area contributed by atoms with Crippen molar-refractivity contribution in [2.45, 2.75) is 25.9 Å². The summed E-state index contributed by atoms with van der Waals surface area (Å²) < 4.78 is 10.6. The van der Waals surface area contributed by atoms with Crippen LogP contribution in [-0.2, 0) is 0 Å². The van der Waals surface area contributed by atoms with E-state index in [2.05, 4.69) is 13.8 Å². The van der Waals surface area contributed by atoms with Crippen LogP contribution in [0.1, 0.15) is 42.6 Å². The number of benzene rings is 2. The van der Waals surface area contributed by atoms with Gasteiger partial charge in [0.15, 0.2) is 11.5 Å². The molecule has 1 N–H and O–H groups in total. The zero-order valence-corrected chi connectivity index (χ0v) is 12.7. The SMILES string of the molecule is CC(C)c1ccc(C(O)c2cc(Cl)c3c(c2)OCO3)cc1. The maximum atomic E-state index is 10.5. The van der Waals surface area contributed by atoms with Gasteiger partial charge in [0.05, 0.1) is 5.02 Å². The highest BCUT2D eigenvalue weighted by atomic mass is 35.5. The molecule has 3 nitrogen and oxygen atoms in total. The first-order valence-electron chi connectivity index (χ1n) is 6.93. The van der Waals surface area contributed by atoms with Gasteiger partial charge in [-0.3, -0.25) is 0 Å². The van der Waals surface area contributed by atoms with Crippen molar-refractivity contribution in [1.82, 2.24) is 0 Å². The van der Waals surface area contributed by atoms with E-state index >= 15 is 0 Å². The molecule has 0 aliphatic carbocycles. The van der Waals surface area contributed by atoms with Gasteiger partial charge in [0.2, 0.25) is 6.79 Å². The number of halogens is 1. The molecular weight excluding hydrogens is 288 g/mol. The van der Waals surface area contributed by atoms with Gasteiger partial charge in [0, 0.05) is 0 Å². The topological polar surface area (TPSA) is 38.7 Å². The predicted molar refractivity (Wildman–Crippen MR) is 82.2 cm³/mol. The van der Waals surface area contributed by atoms with Gasteiger partial charge in [-0.1, -0.05) is 49.7 Å². The Hall–Kier alpha value is -1.71. The summed E-state index contributed by atoms with van der Waals surface area (Å²) in [7, 11) is 0. The van der Waals surface area contributed by atoms with Crippen LogP contribution in [0.2, 0.25) is 5.02 Å². The van der Waals surface area contributed by atoms with Crippen molar-refractivity contribution in [1.29, 1.82) is 0 Å². The number of aliphatic hydroxyl groups is 1. The number of fused-ring (bicyclic) bond motifs is 1. The second kappa shape index (κ2) is 5.58. The highest BCUT2D eigenvalue weighted by molar-refractivity contribution is 6.32. The largest absolute Gasteiger partial charge is 0.454 e. The van der Waals surface area contributed by atoms with Crippen LogP contribution in [0.5, 0.6) is 11.5 Å². The minimum atomic E-state index is -0.738. The Morgan fingerprint density at radius 2 is 1.67 bits per heavy atom. The Kier molecular flexibility index (Phi) is 3.79. The van der Waals surface area contributed by atoms with Crippen LogP contribution in [-0.4, -0.2) is 11.9 Å². The normalized spacial score (nSPS) is 14.5. The fraction of sp³-hybridized carbons (Fsp3) is 0.294. The Labute approximate surface area is 129 Å². The molecule has 1 aliphatic heterocycles. The maximum Gasteiger partial charge on any atom is 0.231 e. The zero-order valence-electron chi connectivity index (χ0n) is 12.0. The monoisotopic (exact) mass is 304 g/mol. The third kappa shape index (κ3) is 2.71. The summed E-state index contributed by atoms with van der Waals surface area (Å²) in [5.41, 5.74) is 2.77. The molecule has 0 saturated heterocycles. The van der Waals surface area contributed by atoms with Gasteiger partial charge in [-0.15, -0.1) is 0 Å². The minimum absolute atomic E-state index is 0.164. The number of aliphatic hydroxyl groups excluding tert-OH is 1. The van der Waals surface area contributed by atoms with E-state index in [-0.39, 0.29) is 6.79 Å². The number of ether oxygens (including phenoxy) is 2. The molecule has 1 unspecified atom stereocenters. The van der Waals surface area contributed by atoms with E-state index in [1.807, 2.05) is 24.3 Å². The molecule has 0 radical (unpaired) electrons. The Morgan fingerprint density at radius 3 is 2.33 bits per heavy atom. The van der Waals surface area contributed by atoms with Crippen LogP contribution >= 0.6 is 11.6 Å². The van der Waals surface area contributed by atoms with E-state index in [9.17, 15) is 5.11 Å². The molecule has 21 heavy (non-hydrogen) atoms. The van der Waals surface area contributed by atoms with Crippen molar-refractivity contribution in [2.24, 2.45) is 0 Å². The van der Waals surface area contributed by atoms with Crippen molar-refractivity contribution in [3.63, 3.8) is 0 Å². The second-order valence-corrected chi connectivity index (χ2v) is 5.87. The van der Waals surface area contributed by atoms with Crippen molar-refractivity contribution in [3.05, 3.63) is 58.1 Å². The molecule has 1 atom stereocenters. The van der Waals surface area contributed by atoms with E-state index < -0.39 is 6.10 Å². The van der Waals surface area contributed by atoms with Crippen molar-refractivity contribution in [3.8, 4) is 11.5 Å². The summed E-state index contributed by atoms with van der Waals surface area (Å²) in [6, 6.07) is 11.5. The second-order valence-electron chi connectivity index (χ2n) is 5.46. The van der Waals surface area contributed by atoms with Gasteiger partial charge in [0.1, 0.15) is 6.10 Å². The summed E-state index contributed by atoms with van der Waals surface area (Å²) in [6.45, 7) is 4.45. The van der Waals surface area contributed by atoms with Gasteiger partial charge >= 0.3 is 0 Å². The zero-order chi connectivity index (χ0) is 15.0. The van der Waals surface area contributed by atoms with E-state index in [0.717, 1.165) is 5.56 Å². The first-order chi connectivity index (χ1) is 10.1. The van der Waals surface area contributed by atoms with Gasteiger partial charge in [-0.2, -0.15) is 0 Å². The van der Waals surface area contributed by atoms with Crippen LogP contribution < -0.4 is 9.47 Å². The molecule has 110 valence electrons. The lowest BCUT2D eigenvalue weighted by Crippen LogP contribution is -2.00. The first-order valence-corrected chi connectivity index (χ1v) is 7.31. The quantitative estimate of drug-likeness (QED) is 0.920. The summed E-state index contributed by atoms with van der Waals surface area (Å²) in [5, 5.41) is 11.0. The van der Waals surface area contributed by atoms with Gasteiger partial charge < -0.3 is 14.6 Å². The summed E-state index contributed by atoms with van der Waals surface area (Å²) in [5.74, 6) is 1.59. The molecule has 0 fully saturated rings. The lowest BCUT2D eigenvalue weighted by molar-refractivity contribution is 0.173. The molecule has 0 aromatic heterocycles. The average Bonchev–Trinajstić information content (AvgIpc) is 2.95. The smallest absolute Gasteiger partial charge is 0.231 e. The summed E-state index contributed by atoms with van der Waals surface area (Å²) in [4.78, 5) is 0. The third-order valence-electron chi connectivity index (χ3n) is 3.68. The van der Waals surface area contributed by atoms with Crippen LogP contribution in [0.25, 0.3) is 0 Å². The molecule has 2 aromatic rings. The van der Waals surface area contributed by atoms with Crippen LogP contribution in [0.4, 0.5) is 0 Å². The Balaban J connectivity index is 1.91. The molecule has 1 heterocycles. The van der Waals surface area contributed by atoms with Crippen LogP contribution in [0, 0.1) is 0 Å². The highest BCUT2D eigenvalue weighted by Crippen LogP contribution is 2.41. The molecule has 2 aromatic carbocycles. The summed E-state index contributed by atoms with van der Waals surface area (Å²) in [6.07, 6.45) is -0.738. The average molecular weight is 305 g/mol. The van der Waals surface area contributed by atoms with Gasteiger partial charge in [0.25, 0.3) is 0 Å². The van der Waals surface area contributed by atoms with Gasteiger partial charge in [-0.25, -0.2) is 0 Å². The lowest BCUT2D eigenvalue weighted by Gasteiger charge is -2.14. The number of hydrogen-bond donors (Lipinski definition) is 1. The van der Waals surface area contributed by atoms with Crippen molar-refractivity contribution < 1.29 is 14.6 Å². The molecule has 0 amide bonds. The third-order valence-corrected chi connectivity index (χ3v) is 3.96. The fourth-order valence-corrected chi connectivity index (χ4v) is 2.67. The molecule has 0 bridgehead atoms. The fourth-order valence-electron chi connectivity index (χ4n) is 2.40. The Morgan fingerprint density at radius 1 is 1.00 bits per heavy atom. The van der Waals surface area contributed by atoms with E-state index in [1.165, 1.54) is 5.56 Å². The molecule has 3 rings (SSSR count). The lowest BCUT2D eigenvalue weighted by atomic mass is 9.97. The predicted octanol–water partition coefficient (Wildman–Crippen LogP) is 4.27. The van der Waals surface area contributed by atoms with Gasteiger partial charge in [-0.05, 0) is 34.7 Å². The van der Waals surface area contributed by atoms with Crippen LogP contribution in [0.15, 0.2) is 36.4 Å². The molecule has 0 saturated carbocycles. The van der Waals surface area contributed by atoms with E-state index in [0.29, 0.717) is 28.0 Å². The summed E-state index contributed by atoms with van der Waals surface area (Å²) >= 11 is 6.16. The highest BCUT2D eigenvalue weighted by Gasteiger charge is 2.21. The Bertz CT molecular complexity index is 650. The van der Waals surface area contributed by atoms with Crippen molar-refractivity contribution in [2.75, 3.05) is 6.79 Å². The molecule has 0 spiro atoms. The number of rotatable bonds is 3. The molecule has 1 aliphatic rings. The standard InChI is InChI=1S/C17H17ClO3/c1-10(2)11-3-5-12(6-4-11)16(19)13-7-14(18)17-15(8-13)20-9-21-17/h3-8,10,16,19H,9H2,1-2H3. The molecule has 4 heteroatoms. The van der Waals surface area contributed by atoms with E-state index in [4.69, 9.17) is 21.1 Å². The molecular formula is C17H17ClO3.